The van der Waals surface area contributed by atoms with E-state index >= 15 is 8.78 Å². The molecule has 6 rings (SSSR count). The van der Waals surface area contributed by atoms with Gasteiger partial charge in [-0.2, -0.15) is 0 Å². The minimum atomic E-state index is -3.78. The molecule has 1 aromatic heterocycles. The summed E-state index contributed by atoms with van der Waals surface area (Å²) < 4.78 is 67.5. The number of benzene rings is 2. The maximum absolute atomic E-state index is 16.3. The maximum Gasteiger partial charge on any atom is 0.287 e. The predicted octanol–water partition coefficient (Wildman–Crippen LogP) is 3.33. The van der Waals surface area contributed by atoms with Crippen LogP contribution in [0.25, 0.3) is 0 Å². The number of nitrogens with one attached hydrogen (secondary N) is 1. The van der Waals surface area contributed by atoms with Crippen LogP contribution >= 0.6 is 0 Å². The van der Waals surface area contributed by atoms with Gasteiger partial charge in [-0.15, -0.1) is 5.10 Å². The molecule has 0 unspecified atom stereocenters. The van der Waals surface area contributed by atoms with Crippen LogP contribution in [0.5, 0.6) is 5.75 Å². The molecule has 8 nitrogen and oxygen atoms in total. The van der Waals surface area contributed by atoms with Crippen molar-refractivity contribution in [2.24, 2.45) is 5.41 Å². The Morgan fingerprint density at radius 2 is 1.79 bits per heavy atom. The molecule has 3 aliphatic rings. The molecular formula is C27H31F4N5O3. The van der Waals surface area contributed by atoms with Gasteiger partial charge in [-0.25, -0.2) is 22.2 Å². The summed E-state index contributed by atoms with van der Waals surface area (Å²) in [6, 6.07) is 9.53. The first-order chi connectivity index (χ1) is 18.4. The highest BCUT2D eigenvalue weighted by Gasteiger charge is 2.82. The Hall–Kier alpha value is -3.09. The lowest BCUT2D eigenvalue weighted by atomic mass is 9.30. The van der Waals surface area contributed by atoms with Gasteiger partial charge in [0.2, 0.25) is 0 Å². The summed E-state index contributed by atoms with van der Waals surface area (Å²) in [5, 5.41) is 35.0. The number of alkyl halides is 2. The van der Waals surface area contributed by atoms with E-state index in [0.29, 0.717) is 18.4 Å². The summed E-state index contributed by atoms with van der Waals surface area (Å²) in [4.78, 5) is 0. The molecule has 2 aromatic carbocycles. The number of aliphatic hydroxyl groups excluding tert-OH is 1. The molecule has 210 valence electrons. The topological polar surface area (TPSA) is 105 Å². The van der Waals surface area contributed by atoms with Gasteiger partial charge in [0.25, 0.3) is 5.92 Å². The van der Waals surface area contributed by atoms with Crippen LogP contribution in [-0.2, 0) is 17.6 Å². The molecular weight excluding hydrogens is 518 g/mol. The Morgan fingerprint density at radius 1 is 1.10 bits per heavy atom. The molecule has 3 saturated carbocycles. The van der Waals surface area contributed by atoms with Crippen LogP contribution in [0.2, 0.25) is 0 Å². The minimum absolute atomic E-state index is 0.0908. The number of hydrogen-bond donors (Lipinski definition) is 3. The van der Waals surface area contributed by atoms with Gasteiger partial charge in [-0.1, -0.05) is 26.0 Å². The summed E-state index contributed by atoms with van der Waals surface area (Å²) >= 11 is 0. The van der Waals surface area contributed by atoms with E-state index in [1.54, 1.807) is 12.1 Å². The summed E-state index contributed by atoms with van der Waals surface area (Å²) in [7, 11) is 0. The van der Waals surface area contributed by atoms with Crippen molar-refractivity contribution in [3.63, 3.8) is 0 Å². The van der Waals surface area contributed by atoms with Crippen molar-refractivity contribution in [1.29, 1.82) is 0 Å². The predicted molar refractivity (Wildman–Crippen MR) is 132 cm³/mol. The zero-order valence-corrected chi connectivity index (χ0v) is 21.6. The van der Waals surface area contributed by atoms with E-state index < -0.39 is 52.2 Å². The van der Waals surface area contributed by atoms with Crippen LogP contribution in [0, 0.1) is 17.0 Å². The van der Waals surface area contributed by atoms with Gasteiger partial charge in [-0.05, 0) is 64.9 Å². The number of rotatable bonds is 12. The van der Waals surface area contributed by atoms with Crippen LogP contribution in [0.3, 0.4) is 0 Å². The molecule has 0 amide bonds. The molecule has 12 heteroatoms. The molecule has 1 heterocycles. The van der Waals surface area contributed by atoms with Gasteiger partial charge >= 0.3 is 0 Å². The number of nitrogens with zero attached hydrogens (tertiary/aromatic N) is 4. The van der Waals surface area contributed by atoms with Crippen LogP contribution in [0.1, 0.15) is 44.2 Å². The van der Waals surface area contributed by atoms with E-state index in [9.17, 15) is 19.0 Å². The van der Waals surface area contributed by atoms with E-state index in [1.165, 1.54) is 0 Å². The van der Waals surface area contributed by atoms with Gasteiger partial charge < -0.3 is 20.3 Å². The average molecular weight is 550 g/mol. The van der Waals surface area contributed by atoms with Crippen LogP contribution in [0.4, 0.5) is 17.6 Å². The minimum Gasteiger partial charge on any atom is -0.491 e. The largest absolute Gasteiger partial charge is 0.491 e. The summed E-state index contributed by atoms with van der Waals surface area (Å²) in [5.41, 5.74) is -4.92. The number of ether oxygens (including phenoxy) is 1. The highest BCUT2D eigenvalue weighted by molar-refractivity contribution is 5.44. The standard InChI is InChI=1S/C27H31F4N5O3/c1-17(2)32-10-20(37)11-39-21-6-3-18(4-7-21)24-12-25(13-24,14-24)27(30,31)26(38,15-36-16-33-34-35-36)22-8-5-19(28)9-23(22)29/h3-9,16-17,20,32,37-38H,10-15H2,1-2H3/t20-,24?,25?,26-/m1/s1. The molecule has 0 radical (unpaired) electrons. The maximum atomic E-state index is 16.3. The SMILES string of the molecule is CC(C)NC[C@@H](O)COc1ccc(C23CC(C(F)(F)[C@@](O)(Cn4cnnn4)c4ccc(F)cc4F)(C2)C3)cc1. The van der Waals surface area contributed by atoms with E-state index in [4.69, 9.17) is 4.74 Å². The second kappa shape index (κ2) is 9.83. The first-order valence-electron chi connectivity index (χ1n) is 12.8. The van der Waals surface area contributed by atoms with Gasteiger partial charge in [-0.3, -0.25) is 0 Å². The van der Waals surface area contributed by atoms with Crippen molar-refractivity contribution in [2.45, 2.75) is 68.7 Å². The monoisotopic (exact) mass is 549 g/mol. The van der Waals surface area contributed by atoms with Gasteiger partial charge in [0.1, 0.15) is 36.4 Å². The summed E-state index contributed by atoms with van der Waals surface area (Å²) in [5.74, 6) is -5.44. The number of tetrazole rings is 1. The fourth-order valence-electron chi connectivity index (χ4n) is 6.06. The lowest BCUT2D eigenvalue weighted by Gasteiger charge is -2.74. The van der Waals surface area contributed by atoms with Crippen LogP contribution in [0.15, 0.2) is 48.8 Å². The molecule has 2 bridgehead atoms. The zero-order valence-electron chi connectivity index (χ0n) is 21.6. The van der Waals surface area contributed by atoms with Gasteiger partial charge in [0.15, 0.2) is 5.60 Å². The zero-order chi connectivity index (χ0) is 28.1. The van der Waals surface area contributed by atoms with Crippen molar-refractivity contribution < 1.29 is 32.5 Å². The lowest BCUT2D eigenvalue weighted by Crippen LogP contribution is -2.76. The number of aromatic nitrogens is 4. The highest BCUT2D eigenvalue weighted by Crippen LogP contribution is 2.80. The molecule has 3 aromatic rings. The van der Waals surface area contributed by atoms with E-state index in [0.717, 1.165) is 28.7 Å². The Kier molecular flexibility index (Phi) is 6.92. The molecule has 3 N–H and O–H groups in total. The van der Waals surface area contributed by atoms with E-state index in [1.807, 2.05) is 26.0 Å². The smallest absolute Gasteiger partial charge is 0.287 e. The fourth-order valence-corrected chi connectivity index (χ4v) is 6.06. The second-order valence-corrected chi connectivity index (χ2v) is 11.2. The van der Waals surface area contributed by atoms with Crippen molar-refractivity contribution in [3.05, 3.63) is 71.6 Å². The van der Waals surface area contributed by atoms with Gasteiger partial charge in [0.05, 0.1) is 6.54 Å². The van der Waals surface area contributed by atoms with E-state index in [-0.39, 0.29) is 31.9 Å². The van der Waals surface area contributed by atoms with Crippen molar-refractivity contribution >= 4 is 0 Å². The van der Waals surface area contributed by atoms with Crippen molar-refractivity contribution in [3.8, 4) is 5.75 Å². The van der Waals surface area contributed by atoms with Gasteiger partial charge in [0, 0.05) is 29.6 Å². The van der Waals surface area contributed by atoms with Crippen molar-refractivity contribution in [1.82, 2.24) is 25.5 Å². The number of halogens is 4. The molecule has 3 aliphatic carbocycles. The lowest BCUT2D eigenvalue weighted by molar-refractivity contribution is -0.347. The summed E-state index contributed by atoms with van der Waals surface area (Å²) in [6.07, 6.45) is 0.647. The van der Waals surface area contributed by atoms with E-state index in [2.05, 4.69) is 20.8 Å². The fraction of sp³-hybridized carbons (Fsp3) is 0.519. The first-order valence-corrected chi connectivity index (χ1v) is 12.8. The second-order valence-electron chi connectivity index (χ2n) is 11.2. The molecule has 3 fully saturated rings. The normalized spacial score (nSPS) is 24.5. The van der Waals surface area contributed by atoms with Crippen LogP contribution < -0.4 is 10.1 Å². The Labute approximate surface area is 223 Å². The van der Waals surface area contributed by atoms with Crippen molar-refractivity contribution in [2.75, 3.05) is 13.2 Å². The third-order valence-corrected chi connectivity index (χ3v) is 8.05. The molecule has 0 saturated heterocycles. The Balaban J connectivity index is 1.30. The quantitative estimate of drug-likeness (QED) is 0.298. The summed E-state index contributed by atoms with van der Waals surface area (Å²) in [6.45, 7) is 3.66. The van der Waals surface area contributed by atoms with Crippen LogP contribution in [-0.4, -0.2) is 61.6 Å². The molecule has 0 aliphatic heterocycles. The Bertz CT molecular complexity index is 1290. The number of hydrogen-bond acceptors (Lipinski definition) is 7. The third kappa shape index (κ3) is 4.68. The highest BCUT2D eigenvalue weighted by atomic mass is 19.3. The average Bonchev–Trinajstić information content (AvgIpc) is 3.33. The first kappa shape index (κ1) is 27.5. The molecule has 2 atom stereocenters. The molecule has 39 heavy (non-hydrogen) atoms. The molecule has 0 spiro atoms. The Morgan fingerprint density at radius 3 is 2.38 bits per heavy atom. The third-order valence-electron chi connectivity index (χ3n) is 8.05. The number of aliphatic hydroxyl groups is 2.